The first kappa shape index (κ1) is 12.4. The SMILES string of the molecule is CCOCCOc1cccc(F)c1C(=O)O. The van der Waals surface area contributed by atoms with Gasteiger partial charge in [0.05, 0.1) is 6.61 Å². The third-order valence-corrected chi connectivity index (χ3v) is 1.88. The van der Waals surface area contributed by atoms with Crippen LogP contribution in [-0.2, 0) is 4.74 Å². The molecule has 0 aliphatic heterocycles. The van der Waals surface area contributed by atoms with E-state index in [1.165, 1.54) is 12.1 Å². The van der Waals surface area contributed by atoms with Crippen molar-refractivity contribution in [2.24, 2.45) is 0 Å². The van der Waals surface area contributed by atoms with Crippen LogP contribution in [-0.4, -0.2) is 30.9 Å². The monoisotopic (exact) mass is 228 g/mol. The van der Waals surface area contributed by atoms with Gasteiger partial charge in [0.1, 0.15) is 23.7 Å². The first-order valence-electron chi connectivity index (χ1n) is 4.89. The Balaban J connectivity index is 2.71. The molecule has 88 valence electrons. The third-order valence-electron chi connectivity index (χ3n) is 1.88. The molecule has 0 aliphatic rings. The largest absolute Gasteiger partial charge is 0.490 e. The molecule has 0 atom stereocenters. The van der Waals surface area contributed by atoms with Gasteiger partial charge in [0.15, 0.2) is 0 Å². The summed E-state index contributed by atoms with van der Waals surface area (Å²) in [5.74, 6) is -2.13. The van der Waals surface area contributed by atoms with Crippen molar-refractivity contribution in [1.82, 2.24) is 0 Å². The highest BCUT2D eigenvalue weighted by molar-refractivity contribution is 5.91. The fourth-order valence-electron chi connectivity index (χ4n) is 1.19. The second kappa shape index (κ2) is 6.07. The number of carboxylic acid groups (broad SMARTS) is 1. The van der Waals surface area contributed by atoms with Crippen molar-refractivity contribution in [1.29, 1.82) is 0 Å². The van der Waals surface area contributed by atoms with E-state index >= 15 is 0 Å². The Morgan fingerprint density at radius 3 is 2.81 bits per heavy atom. The van der Waals surface area contributed by atoms with E-state index in [0.29, 0.717) is 13.2 Å². The maximum atomic E-state index is 13.2. The van der Waals surface area contributed by atoms with Crippen LogP contribution in [0, 0.1) is 5.82 Å². The Morgan fingerprint density at radius 2 is 2.19 bits per heavy atom. The summed E-state index contributed by atoms with van der Waals surface area (Å²) in [4.78, 5) is 10.8. The lowest BCUT2D eigenvalue weighted by Gasteiger charge is -2.09. The minimum atomic E-state index is -1.34. The summed E-state index contributed by atoms with van der Waals surface area (Å²) in [7, 11) is 0. The third kappa shape index (κ3) is 3.20. The van der Waals surface area contributed by atoms with Gasteiger partial charge < -0.3 is 14.6 Å². The molecule has 0 aliphatic carbocycles. The van der Waals surface area contributed by atoms with Crippen LogP contribution in [0.4, 0.5) is 4.39 Å². The van der Waals surface area contributed by atoms with Crippen molar-refractivity contribution < 1.29 is 23.8 Å². The molecule has 1 aromatic rings. The van der Waals surface area contributed by atoms with E-state index in [0.717, 1.165) is 6.07 Å². The first-order valence-corrected chi connectivity index (χ1v) is 4.89. The highest BCUT2D eigenvalue weighted by atomic mass is 19.1. The molecule has 5 heteroatoms. The molecule has 0 fully saturated rings. The van der Waals surface area contributed by atoms with Crippen molar-refractivity contribution in [3.63, 3.8) is 0 Å². The average Bonchev–Trinajstić information content (AvgIpc) is 2.24. The van der Waals surface area contributed by atoms with Gasteiger partial charge in [-0.1, -0.05) is 6.07 Å². The van der Waals surface area contributed by atoms with Crippen LogP contribution >= 0.6 is 0 Å². The number of aromatic carboxylic acids is 1. The summed E-state index contributed by atoms with van der Waals surface area (Å²) in [5.41, 5.74) is -0.445. The van der Waals surface area contributed by atoms with Crippen molar-refractivity contribution in [3.05, 3.63) is 29.6 Å². The fourth-order valence-corrected chi connectivity index (χ4v) is 1.19. The molecule has 0 spiro atoms. The number of carboxylic acids is 1. The maximum absolute atomic E-state index is 13.2. The van der Waals surface area contributed by atoms with Crippen molar-refractivity contribution >= 4 is 5.97 Å². The van der Waals surface area contributed by atoms with Gasteiger partial charge >= 0.3 is 5.97 Å². The van der Waals surface area contributed by atoms with Crippen molar-refractivity contribution in [2.45, 2.75) is 6.92 Å². The lowest BCUT2D eigenvalue weighted by molar-refractivity contribution is 0.0681. The van der Waals surface area contributed by atoms with Crippen LogP contribution < -0.4 is 4.74 Å². The summed E-state index contributed by atoms with van der Waals surface area (Å²) in [6.45, 7) is 2.92. The van der Waals surface area contributed by atoms with Gasteiger partial charge in [0.25, 0.3) is 0 Å². The highest BCUT2D eigenvalue weighted by Crippen LogP contribution is 2.21. The van der Waals surface area contributed by atoms with Crippen LogP contribution in [0.1, 0.15) is 17.3 Å². The Labute approximate surface area is 92.6 Å². The zero-order chi connectivity index (χ0) is 12.0. The predicted molar refractivity (Wildman–Crippen MR) is 55.3 cm³/mol. The van der Waals surface area contributed by atoms with Crippen LogP contribution in [0.5, 0.6) is 5.75 Å². The zero-order valence-electron chi connectivity index (χ0n) is 8.90. The number of hydrogen-bond donors (Lipinski definition) is 1. The minimum Gasteiger partial charge on any atom is -0.490 e. The van der Waals surface area contributed by atoms with Crippen LogP contribution in [0.25, 0.3) is 0 Å². The van der Waals surface area contributed by atoms with E-state index in [-0.39, 0.29) is 12.4 Å². The number of halogens is 1. The molecule has 0 saturated heterocycles. The highest BCUT2D eigenvalue weighted by Gasteiger charge is 2.16. The number of hydrogen-bond acceptors (Lipinski definition) is 3. The molecule has 1 N–H and O–H groups in total. The second-order valence-corrected chi connectivity index (χ2v) is 2.96. The van der Waals surface area contributed by atoms with E-state index in [1.54, 1.807) is 0 Å². The van der Waals surface area contributed by atoms with Gasteiger partial charge in [-0.2, -0.15) is 0 Å². The molecule has 0 amide bonds. The van der Waals surface area contributed by atoms with Gasteiger partial charge in [-0.05, 0) is 19.1 Å². The molecular formula is C11H13FO4. The maximum Gasteiger partial charge on any atom is 0.342 e. The Morgan fingerprint density at radius 1 is 1.44 bits per heavy atom. The summed E-state index contributed by atoms with van der Waals surface area (Å²) in [6.07, 6.45) is 0. The Kier molecular flexibility index (Phi) is 4.72. The predicted octanol–water partition coefficient (Wildman–Crippen LogP) is 1.94. The van der Waals surface area contributed by atoms with Gasteiger partial charge in [0, 0.05) is 6.61 Å². The number of rotatable bonds is 6. The van der Waals surface area contributed by atoms with E-state index < -0.39 is 17.3 Å². The fraction of sp³-hybridized carbons (Fsp3) is 0.364. The quantitative estimate of drug-likeness (QED) is 0.756. The Hall–Kier alpha value is -1.62. The molecule has 0 heterocycles. The molecule has 0 unspecified atom stereocenters. The topological polar surface area (TPSA) is 55.8 Å². The molecule has 0 radical (unpaired) electrons. The molecule has 0 saturated carbocycles. The summed E-state index contributed by atoms with van der Waals surface area (Å²) < 4.78 is 23.3. The second-order valence-electron chi connectivity index (χ2n) is 2.96. The summed E-state index contributed by atoms with van der Waals surface area (Å²) >= 11 is 0. The van der Waals surface area contributed by atoms with Crippen LogP contribution in [0.3, 0.4) is 0 Å². The van der Waals surface area contributed by atoms with E-state index in [9.17, 15) is 9.18 Å². The van der Waals surface area contributed by atoms with E-state index in [4.69, 9.17) is 14.6 Å². The van der Waals surface area contributed by atoms with Crippen molar-refractivity contribution in [2.75, 3.05) is 19.8 Å². The van der Waals surface area contributed by atoms with Gasteiger partial charge in [-0.15, -0.1) is 0 Å². The van der Waals surface area contributed by atoms with Gasteiger partial charge in [-0.25, -0.2) is 9.18 Å². The molecule has 16 heavy (non-hydrogen) atoms. The lowest BCUT2D eigenvalue weighted by Crippen LogP contribution is -2.10. The first-order chi connectivity index (χ1) is 7.66. The molecule has 1 rings (SSSR count). The Bertz CT molecular complexity index is 365. The van der Waals surface area contributed by atoms with Gasteiger partial charge in [-0.3, -0.25) is 0 Å². The van der Waals surface area contributed by atoms with Crippen molar-refractivity contribution in [3.8, 4) is 5.75 Å². The summed E-state index contributed by atoms with van der Waals surface area (Å²) in [5, 5.41) is 8.80. The van der Waals surface area contributed by atoms with Gasteiger partial charge in [0.2, 0.25) is 0 Å². The normalized spacial score (nSPS) is 10.1. The zero-order valence-corrected chi connectivity index (χ0v) is 8.90. The van der Waals surface area contributed by atoms with Crippen LogP contribution in [0.2, 0.25) is 0 Å². The minimum absolute atomic E-state index is 0.0206. The molecular weight excluding hydrogens is 215 g/mol. The van der Waals surface area contributed by atoms with E-state index in [2.05, 4.69) is 0 Å². The molecule has 1 aromatic carbocycles. The molecule has 4 nitrogen and oxygen atoms in total. The van der Waals surface area contributed by atoms with Crippen LogP contribution in [0.15, 0.2) is 18.2 Å². The standard InChI is InChI=1S/C11H13FO4/c1-2-15-6-7-16-9-5-3-4-8(12)10(9)11(13)14/h3-5H,2,6-7H2,1H3,(H,13,14). The lowest BCUT2D eigenvalue weighted by atomic mass is 10.2. The number of benzene rings is 1. The number of ether oxygens (including phenoxy) is 2. The molecule has 0 aromatic heterocycles. The smallest absolute Gasteiger partial charge is 0.342 e. The number of carbonyl (C=O) groups is 1. The van der Waals surface area contributed by atoms with E-state index in [1.807, 2.05) is 6.92 Å². The average molecular weight is 228 g/mol. The molecule has 0 bridgehead atoms. The summed E-state index contributed by atoms with van der Waals surface area (Å²) in [6, 6.07) is 3.90.